The molecule has 2 heterocycles. The molecule has 0 aromatic carbocycles. The summed E-state index contributed by atoms with van der Waals surface area (Å²) in [4.78, 5) is 19.9. The molecule has 0 N–H and O–H groups in total. The van der Waals surface area contributed by atoms with Gasteiger partial charge in [0.2, 0.25) is 0 Å². The molecule has 2 rings (SSSR count). The van der Waals surface area contributed by atoms with Gasteiger partial charge >= 0.3 is 5.97 Å². The molecule has 106 valence electrons. The first-order valence-corrected chi connectivity index (χ1v) is 8.11. The van der Waals surface area contributed by atoms with Crippen molar-refractivity contribution < 1.29 is 9.53 Å². The summed E-state index contributed by atoms with van der Waals surface area (Å²) in [6, 6.07) is 4.01. The highest BCUT2D eigenvalue weighted by atomic mass is 32.2. The second-order valence-electron chi connectivity index (χ2n) is 4.13. The predicted molar refractivity (Wildman–Crippen MR) is 81.0 cm³/mol. The Morgan fingerprint density at radius 3 is 2.90 bits per heavy atom. The van der Waals surface area contributed by atoms with E-state index in [-0.39, 0.29) is 12.4 Å². The largest absolute Gasteiger partial charge is 0.466 e. The highest BCUT2D eigenvalue weighted by molar-refractivity contribution is 8.01. The van der Waals surface area contributed by atoms with Crippen LogP contribution in [0.4, 0.5) is 0 Å². The van der Waals surface area contributed by atoms with Gasteiger partial charge < -0.3 is 4.74 Å². The Hall–Kier alpha value is -1.40. The zero-order chi connectivity index (χ0) is 14.4. The second-order valence-corrected chi connectivity index (χ2v) is 6.57. The Morgan fingerprint density at radius 2 is 2.20 bits per heavy atom. The van der Waals surface area contributed by atoms with E-state index in [1.165, 1.54) is 5.56 Å². The molecule has 4 nitrogen and oxygen atoms in total. The van der Waals surface area contributed by atoms with Crippen LogP contribution in [-0.2, 0) is 16.0 Å². The van der Waals surface area contributed by atoms with Gasteiger partial charge in [-0.05, 0) is 31.5 Å². The average molecular weight is 308 g/mol. The molecule has 20 heavy (non-hydrogen) atoms. The predicted octanol–water partition coefficient (Wildman–Crippen LogP) is 3.50. The number of thioether (sulfide) groups is 1. The standard InChI is InChI=1S/C14H16N2O2S2/c1-3-18-13(17)8-12-9-19-14(16-12)20-10(2)11-4-6-15-7-5-11/h4-7,9-10H,3,8H2,1-2H3/t10-/m0/s1. The summed E-state index contributed by atoms with van der Waals surface area (Å²) < 4.78 is 5.88. The highest BCUT2D eigenvalue weighted by Crippen LogP contribution is 2.36. The molecule has 0 aliphatic heterocycles. The third kappa shape index (κ3) is 4.31. The van der Waals surface area contributed by atoms with Crippen LogP contribution in [0.15, 0.2) is 34.2 Å². The minimum Gasteiger partial charge on any atom is -0.466 e. The van der Waals surface area contributed by atoms with Gasteiger partial charge in [-0.15, -0.1) is 11.3 Å². The molecule has 1 atom stereocenters. The van der Waals surface area contributed by atoms with E-state index < -0.39 is 0 Å². The number of pyridine rings is 1. The molecule has 0 saturated heterocycles. The molecule has 0 fully saturated rings. The number of ether oxygens (including phenoxy) is 1. The van der Waals surface area contributed by atoms with Crippen LogP contribution in [0, 0.1) is 0 Å². The van der Waals surface area contributed by atoms with E-state index in [2.05, 4.69) is 16.9 Å². The van der Waals surface area contributed by atoms with Crippen LogP contribution >= 0.6 is 23.1 Å². The van der Waals surface area contributed by atoms with Crippen LogP contribution in [0.3, 0.4) is 0 Å². The van der Waals surface area contributed by atoms with Crippen molar-refractivity contribution in [1.29, 1.82) is 0 Å². The van der Waals surface area contributed by atoms with Gasteiger partial charge in [-0.2, -0.15) is 0 Å². The summed E-state index contributed by atoms with van der Waals surface area (Å²) >= 11 is 3.25. The lowest BCUT2D eigenvalue weighted by Gasteiger charge is -2.08. The van der Waals surface area contributed by atoms with Gasteiger partial charge in [-0.1, -0.05) is 11.8 Å². The fourth-order valence-corrected chi connectivity index (χ4v) is 3.75. The van der Waals surface area contributed by atoms with Crippen molar-refractivity contribution >= 4 is 29.1 Å². The van der Waals surface area contributed by atoms with E-state index in [9.17, 15) is 4.79 Å². The van der Waals surface area contributed by atoms with Gasteiger partial charge in [-0.3, -0.25) is 9.78 Å². The zero-order valence-electron chi connectivity index (χ0n) is 11.4. The number of aromatic nitrogens is 2. The summed E-state index contributed by atoms with van der Waals surface area (Å²) in [6.07, 6.45) is 3.83. The molecule has 0 radical (unpaired) electrons. The second kappa shape index (κ2) is 7.40. The van der Waals surface area contributed by atoms with E-state index in [1.54, 1.807) is 42.4 Å². The number of esters is 1. The fraction of sp³-hybridized carbons (Fsp3) is 0.357. The molecule has 0 saturated carbocycles. The van der Waals surface area contributed by atoms with Crippen molar-refractivity contribution in [1.82, 2.24) is 9.97 Å². The topological polar surface area (TPSA) is 52.1 Å². The molecular formula is C14H16N2O2S2. The lowest BCUT2D eigenvalue weighted by molar-refractivity contribution is -0.142. The molecular weight excluding hydrogens is 292 g/mol. The maximum absolute atomic E-state index is 11.4. The molecule has 0 aliphatic carbocycles. The first-order valence-electron chi connectivity index (χ1n) is 6.35. The molecule has 0 spiro atoms. The summed E-state index contributed by atoms with van der Waals surface area (Å²) in [5.74, 6) is -0.225. The normalized spacial score (nSPS) is 12.1. The number of carbonyl (C=O) groups excluding carboxylic acids is 1. The Morgan fingerprint density at radius 1 is 1.45 bits per heavy atom. The molecule has 6 heteroatoms. The summed E-state index contributed by atoms with van der Waals surface area (Å²) in [5, 5.41) is 2.22. The van der Waals surface area contributed by atoms with Gasteiger partial charge in [0.15, 0.2) is 4.34 Å². The SMILES string of the molecule is CCOC(=O)Cc1csc(S[C@@H](C)c2ccncc2)n1. The van der Waals surface area contributed by atoms with Gasteiger partial charge in [-0.25, -0.2) is 4.98 Å². The smallest absolute Gasteiger partial charge is 0.311 e. The third-order valence-electron chi connectivity index (χ3n) is 2.61. The minimum atomic E-state index is -0.225. The fourth-order valence-electron chi connectivity index (χ4n) is 1.64. The number of thiazole rings is 1. The molecule has 0 unspecified atom stereocenters. The van der Waals surface area contributed by atoms with E-state index in [4.69, 9.17) is 4.74 Å². The number of rotatable bonds is 6. The summed E-state index contributed by atoms with van der Waals surface area (Å²) in [7, 11) is 0. The average Bonchev–Trinajstić information content (AvgIpc) is 2.87. The van der Waals surface area contributed by atoms with Crippen LogP contribution in [-0.4, -0.2) is 22.5 Å². The van der Waals surface area contributed by atoms with Crippen molar-refractivity contribution in [3.05, 3.63) is 41.2 Å². The quantitative estimate of drug-likeness (QED) is 0.604. The van der Waals surface area contributed by atoms with Crippen molar-refractivity contribution in [2.75, 3.05) is 6.61 Å². The van der Waals surface area contributed by atoms with Gasteiger partial charge in [0.1, 0.15) is 0 Å². The van der Waals surface area contributed by atoms with Gasteiger partial charge in [0, 0.05) is 23.0 Å². The maximum Gasteiger partial charge on any atom is 0.311 e. The van der Waals surface area contributed by atoms with Crippen LogP contribution in [0.25, 0.3) is 0 Å². The van der Waals surface area contributed by atoms with E-state index >= 15 is 0 Å². The number of hydrogen-bond acceptors (Lipinski definition) is 6. The summed E-state index contributed by atoms with van der Waals surface area (Å²) in [6.45, 7) is 4.34. The molecule has 2 aromatic rings. The number of hydrogen-bond donors (Lipinski definition) is 0. The van der Waals surface area contributed by atoms with Gasteiger partial charge in [0.25, 0.3) is 0 Å². The lowest BCUT2D eigenvalue weighted by atomic mass is 10.2. The molecule has 0 aliphatic rings. The minimum absolute atomic E-state index is 0.225. The van der Waals surface area contributed by atoms with Crippen LogP contribution in [0.1, 0.15) is 30.4 Å². The zero-order valence-corrected chi connectivity index (χ0v) is 13.0. The Labute approximate surface area is 126 Å². The third-order valence-corrected chi connectivity index (χ3v) is 4.79. The first-order chi connectivity index (χ1) is 9.69. The molecule has 0 bridgehead atoms. The molecule has 2 aromatic heterocycles. The Kier molecular flexibility index (Phi) is 5.55. The maximum atomic E-state index is 11.4. The molecule has 0 amide bonds. The van der Waals surface area contributed by atoms with Crippen LogP contribution in [0.2, 0.25) is 0 Å². The van der Waals surface area contributed by atoms with Crippen LogP contribution < -0.4 is 0 Å². The monoisotopic (exact) mass is 308 g/mol. The van der Waals surface area contributed by atoms with Crippen molar-refractivity contribution in [2.24, 2.45) is 0 Å². The van der Waals surface area contributed by atoms with Gasteiger partial charge in [0.05, 0.1) is 18.7 Å². The highest BCUT2D eigenvalue weighted by Gasteiger charge is 2.12. The summed E-state index contributed by atoms with van der Waals surface area (Å²) in [5.41, 5.74) is 1.99. The number of nitrogens with zero attached hydrogens (tertiary/aromatic N) is 2. The van der Waals surface area contributed by atoms with Crippen molar-refractivity contribution in [2.45, 2.75) is 29.9 Å². The van der Waals surface area contributed by atoms with E-state index in [1.807, 2.05) is 17.5 Å². The first kappa shape index (κ1) is 15.0. The van der Waals surface area contributed by atoms with E-state index in [0.717, 1.165) is 10.0 Å². The Balaban J connectivity index is 1.94. The number of carbonyl (C=O) groups is 1. The van der Waals surface area contributed by atoms with Crippen LogP contribution in [0.5, 0.6) is 0 Å². The Bertz CT molecular complexity index is 557. The lowest BCUT2D eigenvalue weighted by Crippen LogP contribution is -2.07. The van der Waals surface area contributed by atoms with E-state index in [0.29, 0.717) is 11.9 Å². The van der Waals surface area contributed by atoms with Crippen molar-refractivity contribution in [3.63, 3.8) is 0 Å². The van der Waals surface area contributed by atoms with Crippen molar-refractivity contribution in [3.8, 4) is 0 Å².